The molecule has 0 aliphatic carbocycles. The number of sulfone groups is 1. The molecule has 0 bridgehead atoms. The fourth-order valence-electron chi connectivity index (χ4n) is 2.50. The third kappa shape index (κ3) is 2.35. The van der Waals surface area contributed by atoms with E-state index < -0.39 is 9.84 Å². The summed E-state index contributed by atoms with van der Waals surface area (Å²) in [6.07, 6.45) is 0. The van der Waals surface area contributed by atoms with Crippen molar-refractivity contribution in [2.75, 3.05) is 0 Å². The van der Waals surface area contributed by atoms with Gasteiger partial charge in [0, 0.05) is 10.8 Å². The summed E-state index contributed by atoms with van der Waals surface area (Å²) in [5, 5.41) is 1.83. The molecule has 0 unspecified atom stereocenters. The molecule has 4 rings (SSSR count). The molecule has 0 radical (unpaired) electrons. The molecule has 4 nitrogen and oxygen atoms in total. The second-order valence-corrected chi connectivity index (χ2v) is 7.03. The van der Waals surface area contributed by atoms with E-state index in [4.69, 9.17) is 0 Å². The molecular formula is C18H12N2O2S. The summed E-state index contributed by atoms with van der Waals surface area (Å²) in [5.41, 5.74) is 1.30. The van der Waals surface area contributed by atoms with Gasteiger partial charge in [0.2, 0.25) is 9.84 Å². The lowest BCUT2D eigenvalue weighted by Gasteiger charge is -2.06. The number of fused-ring (bicyclic) bond motifs is 2. The highest BCUT2D eigenvalue weighted by Crippen LogP contribution is 2.22. The van der Waals surface area contributed by atoms with Crippen molar-refractivity contribution in [3.63, 3.8) is 0 Å². The first-order valence-corrected chi connectivity index (χ1v) is 8.60. The van der Waals surface area contributed by atoms with Crippen LogP contribution in [0.4, 0.5) is 0 Å². The van der Waals surface area contributed by atoms with Crippen molar-refractivity contribution in [1.29, 1.82) is 0 Å². The van der Waals surface area contributed by atoms with Crippen LogP contribution in [0.5, 0.6) is 0 Å². The van der Waals surface area contributed by atoms with Crippen LogP contribution < -0.4 is 0 Å². The second kappa shape index (κ2) is 5.14. The van der Waals surface area contributed by atoms with Gasteiger partial charge in [-0.3, -0.25) is 0 Å². The first kappa shape index (κ1) is 13.8. The van der Waals surface area contributed by atoms with Crippen LogP contribution in [0.2, 0.25) is 0 Å². The number of hydrogen-bond acceptors (Lipinski definition) is 4. The summed E-state index contributed by atoms with van der Waals surface area (Å²) in [6, 6.07) is 21.4. The van der Waals surface area contributed by atoms with E-state index in [1.54, 1.807) is 24.3 Å². The minimum Gasteiger partial charge on any atom is -0.236 e. The van der Waals surface area contributed by atoms with E-state index in [2.05, 4.69) is 9.97 Å². The van der Waals surface area contributed by atoms with Gasteiger partial charge in [0.1, 0.15) is 0 Å². The Morgan fingerprint density at radius 2 is 1.00 bits per heavy atom. The Hall–Kier alpha value is -2.79. The summed E-state index contributed by atoms with van der Waals surface area (Å²) < 4.78 is 25.6. The summed E-state index contributed by atoms with van der Waals surface area (Å²) >= 11 is 0. The molecule has 0 saturated heterocycles. The molecule has 0 aliphatic rings. The molecule has 0 atom stereocenters. The fourth-order valence-corrected chi connectivity index (χ4v) is 3.65. The second-order valence-electron chi connectivity index (χ2n) is 5.19. The molecule has 4 aromatic rings. The third-order valence-electron chi connectivity index (χ3n) is 3.70. The predicted molar refractivity (Wildman–Crippen MR) is 88.9 cm³/mol. The molecule has 0 N–H and O–H groups in total. The van der Waals surface area contributed by atoms with Crippen molar-refractivity contribution in [2.45, 2.75) is 10.1 Å². The van der Waals surface area contributed by atoms with Crippen molar-refractivity contribution in [3.8, 4) is 0 Å². The van der Waals surface area contributed by atoms with Crippen LogP contribution in [0.1, 0.15) is 0 Å². The van der Waals surface area contributed by atoms with Crippen LogP contribution in [0, 0.1) is 0 Å². The Labute approximate surface area is 133 Å². The molecule has 0 saturated carbocycles. The Bertz CT molecular complexity index is 1050. The number of hydrogen-bond donors (Lipinski definition) is 0. The molecule has 0 amide bonds. The van der Waals surface area contributed by atoms with Crippen LogP contribution in [0.25, 0.3) is 21.8 Å². The largest absolute Gasteiger partial charge is 0.241 e. The zero-order chi connectivity index (χ0) is 15.9. The molecule has 2 heterocycles. The highest BCUT2D eigenvalue weighted by molar-refractivity contribution is 7.91. The van der Waals surface area contributed by atoms with Crippen LogP contribution in [0.15, 0.2) is 82.8 Å². The summed E-state index contributed by atoms with van der Waals surface area (Å²) in [6.45, 7) is 0. The minimum absolute atomic E-state index is 0.0129. The van der Waals surface area contributed by atoms with Gasteiger partial charge < -0.3 is 0 Å². The van der Waals surface area contributed by atoms with Gasteiger partial charge in [-0.05, 0) is 36.4 Å². The van der Waals surface area contributed by atoms with Crippen LogP contribution in [0.3, 0.4) is 0 Å². The zero-order valence-electron chi connectivity index (χ0n) is 12.0. The maximum absolute atomic E-state index is 12.8. The first-order chi connectivity index (χ1) is 11.1. The van der Waals surface area contributed by atoms with Gasteiger partial charge in [-0.15, -0.1) is 0 Å². The number of rotatable bonds is 2. The molecule has 0 spiro atoms. The number of pyridine rings is 2. The highest BCUT2D eigenvalue weighted by Gasteiger charge is 2.21. The fraction of sp³-hybridized carbons (Fsp3) is 0. The maximum atomic E-state index is 12.8. The lowest BCUT2D eigenvalue weighted by molar-refractivity contribution is 0.589. The van der Waals surface area contributed by atoms with E-state index in [1.807, 2.05) is 36.4 Å². The van der Waals surface area contributed by atoms with Gasteiger partial charge in [-0.2, -0.15) is 0 Å². The monoisotopic (exact) mass is 320 g/mol. The molecular weight excluding hydrogens is 308 g/mol. The summed E-state index contributed by atoms with van der Waals surface area (Å²) in [5.74, 6) is 0. The van der Waals surface area contributed by atoms with E-state index in [0.29, 0.717) is 11.0 Å². The first-order valence-electron chi connectivity index (χ1n) is 7.11. The quantitative estimate of drug-likeness (QED) is 0.566. The maximum Gasteiger partial charge on any atom is 0.241 e. The lowest BCUT2D eigenvalue weighted by atomic mass is 10.2. The standard InChI is InChI=1S/C18H12N2O2S/c21-23(22,17-11-9-13-5-1-3-7-15(13)19-17)18-12-10-14-6-2-4-8-16(14)20-18/h1-12H. The lowest BCUT2D eigenvalue weighted by Crippen LogP contribution is -2.06. The molecule has 2 aromatic carbocycles. The SMILES string of the molecule is O=S(=O)(c1ccc2ccccc2n1)c1ccc2ccccc2n1. The Morgan fingerprint density at radius 3 is 1.48 bits per heavy atom. The van der Waals surface area contributed by atoms with Crippen LogP contribution in [-0.4, -0.2) is 18.4 Å². The molecule has 5 heteroatoms. The average molecular weight is 320 g/mol. The van der Waals surface area contributed by atoms with E-state index >= 15 is 0 Å². The summed E-state index contributed by atoms with van der Waals surface area (Å²) in [4.78, 5) is 8.55. The average Bonchev–Trinajstić information content (AvgIpc) is 2.61. The molecule has 0 aliphatic heterocycles. The third-order valence-corrected chi connectivity index (χ3v) is 5.25. The number of benzene rings is 2. The van der Waals surface area contributed by atoms with Gasteiger partial charge in [-0.25, -0.2) is 18.4 Å². The Morgan fingerprint density at radius 1 is 0.565 bits per heavy atom. The van der Waals surface area contributed by atoms with Crippen molar-refractivity contribution in [3.05, 3.63) is 72.8 Å². The Kier molecular flexibility index (Phi) is 3.09. The molecule has 2 aromatic heterocycles. The van der Waals surface area contributed by atoms with E-state index in [0.717, 1.165) is 10.8 Å². The van der Waals surface area contributed by atoms with Gasteiger partial charge in [0.15, 0.2) is 10.1 Å². The number of nitrogens with zero attached hydrogens (tertiary/aromatic N) is 2. The van der Waals surface area contributed by atoms with Crippen molar-refractivity contribution in [1.82, 2.24) is 9.97 Å². The van der Waals surface area contributed by atoms with Crippen molar-refractivity contribution < 1.29 is 8.42 Å². The van der Waals surface area contributed by atoms with Crippen LogP contribution >= 0.6 is 0 Å². The topological polar surface area (TPSA) is 59.9 Å². The van der Waals surface area contributed by atoms with Gasteiger partial charge in [-0.1, -0.05) is 36.4 Å². The van der Waals surface area contributed by atoms with Gasteiger partial charge in [0.05, 0.1) is 11.0 Å². The van der Waals surface area contributed by atoms with Crippen molar-refractivity contribution >= 4 is 31.6 Å². The van der Waals surface area contributed by atoms with Gasteiger partial charge in [0.25, 0.3) is 0 Å². The van der Waals surface area contributed by atoms with E-state index in [1.165, 1.54) is 12.1 Å². The summed E-state index contributed by atoms with van der Waals surface area (Å²) in [7, 11) is -3.74. The smallest absolute Gasteiger partial charge is 0.236 e. The van der Waals surface area contributed by atoms with E-state index in [-0.39, 0.29) is 10.1 Å². The number of para-hydroxylation sites is 2. The van der Waals surface area contributed by atoms with Gasteiger partial charge >= 0.3 is 0 Å². The zero-order valence-corrected chi connectivity index (χ0v) is 12.9. The van der Waals surface area contributed by atoms with Crippen molar-refractivity contribution in [2.24, 2.45) is 0 Å². The molecule has 23 heavy (non-hydrogen) atoms. The van der Waals surface area contributed by atoms with E-state index in [9.17, 15) is 8.42 Å². The number of aromatic nitrogens is 2. The minimum atomic E-state index is -3.74. The Balaban J connectivity index is 1.89. The normalized spacial score (nSPS) is 11.8. The molecule has 0 fully saturated rings. The van der Waals surface area contributed by atoms with Crippen LogP contribution in [-0.2, 0) is 9.84 Å². The predicted octanol–water partition coefficient (Wildman–Crippen LogP) is 3.62. The molecule has 112 valence electrons. The highest BCUT2D eigenvalue weighted by atomic mass is 32.2.